The third-order valence-electron chi connectivity index (χ3n) is 3.63. The Labute approximate surface area is 165 Å². The lowest BCUT2D eigenvalue weighted by Crippen LogP contribution is -2.42. The van der Waals surface area contributed by atoms with E-state index in [1.54, 1.807) is 18.5 Å². The van der Waals surface area contributed by atoms with Gasteiger partial charge in [0.05, 0.1) is 16.1 Å². The molecule has 2 N–H and O–H groups in total. The molecule has 2 heterocycles. The smallest absolute Gasteiger partial charge is 0.270 e. The molecule has 3 rings (SSSR count). The number of carbonyl (C=O) groups is 2. The molecule has 144 valence electrons. The Morgan fingerprint density at radius 3 is 2.86 bits per heavy atom. The van der Waals surface area contributed by atoms with Crippen LogP contribution in [0.1, 0.15) is 10.4 Å². The SMILES string of the molecule is Cn1c(SCC(=O)NNC(=O)c2cccc([N+](=O)[O-])c2)nc2sccc2c1=O. The zero-order valence-corrected chi connectivity index (χ0v) is 16.0. The maximum absolute atomic E-state index is 12.2. The van der Waals surface area contributed by atoms with E-state index in [4.69, 9.17) is 0 Å². The number of thioether (sulfide) groups is 1. The molecule has 0 atom stereocenters. The van der Waals surface area contributed by atoms with Crippen LogP contribution < -0.4 is 16.4 Å². The van der Waals surface area contributed by atoms with Gasteiger partial charge in [-0.05, 0) is 17.5 Å². The molecule has 2 amide bonds. The van der Waals surface area contributed by atoms with E-state index in [0.29, 0.717) is 15.4 Å². The molecule has 3 aromatic rings. The van der Waals surface area contributed by atoms with Crippen LogP contribution in [0.2, 0.25) is 0 Å². The Hall–Kier alpha value is -3.25. The average Bonchev–Trinajstić information content (AvgIpc) is 3.16. The van der Waals surface area contributed by atoms with E-state index in [9.17, 15) is 24.5 Å². The second-order valence-corrected chi connectivity index (χ2v) is 7.33. The summed E-state index contributed by atoms with van der Waals surface area (Å²) in [7, 11) is 1.57. The van der Waals surface area contributed by atoms with Crippen LogP contribution in [0, 0.1) is 10.1 Å². The van der Waals surface area contributed by atoms with Crippen molar-refractivity contribution in [2.24, 2.45) is 7.05 Å². The predicted molar refractivity (Wildman–Crippen MR) is 104 cm³/mol. The van der Waals surface area contributed by atoms with Crippen LogP contribution in [0.4, 0.5) is 5.69 Å². The summed E-state index contributed by atoms with van der Waals surface area (Å²) in [6, 6.07) is 6.82. The van der Waals surface area contributed by atoms with Crippen molar-refractivity contribution >= 4 is 50.8 Å². The summed E-state index contributed by atoms with van der Waals surface area (Å²) in [6.07, 6.45) is 0. The Morgan fingerprint density at radius 2 is 2.11 bits per heavy atom. The van der Waals surface area contributed by atoms with Crippen molar-refractivity contribution in [1.29, 1.82) is 0 Å². The number of rotatable bonds is 5. The number of non-ortho nitro benzene ring substituents is 1. The molecule has 10 nitrogen and oxygen atoms in total. The summed E-state index contributed by atoms with van der Waals surface area (Å²) in [6.45, 7) is 0. The van der Waals surface area contributed by atoms with Crippen LogP contribution >= 0.6 is 23.1 Å². The van der Waals surface area contributed by atoms with Gasteiger partial charge >= 0.3 is 0 Å². The third kappa shape index (κ3) is 4.18. The van der Waals surface area contributed by atoms with E-state index < -0.39 is 16.7 Å². The first-order valence-electron chi connectivity index (χ1n) is 7.77. The summed E-state index contributed by atoms with van der Waals surface area (Å²) >= 11 is 2.38. The van der Waals surface area contributed by atoms with Crippen molar-refractivity contribution in [2.45, 2.75) is 5.16 Å². The van der Waals surface area contributed by atoms with Crippen molar-refractivity contribution < 1.29 is 14.5 Å². The number of nitrogens with zero attached hydrogens (tertiary/aromatic N) is 3. The maximum Gasteiger partial charge on any atom is 0.270 e. The van der Waals surface area contributed by atoms with Crippen LogP contribution in [0.3, 0.4) is 0 Å². The van der Waals surface area contributed by atoms with Crippen molar-refractivity contribution in [3.63, 3.8) is 0 Å². The van der Waals surface area contributed by atoms with Crippen LogP contribution in [0.15, 0.2) is 45.7 Å². The topological polar surface area (TPSA) is 136 Å². The quantitative estimate of drug-likeness (QED) is 0.276. The molecule has 0 aliphatic heterocycles. The fourth-order valence-electron chi connectivity index (χ4n) is 2.23. The highest BCUT2D eigenvalue weighted by atomic mass is 32.2. The Bertz CT molecular complexity index is 1140. The number of nitrogens with one attached hydrogen (secondary N) is 2. The van der Waals surface area contributed by atoms with Crippen LogP contribution in [-0.4, -0.2) is 32.0 Å². The van der Waals surface area contributed by atoms with Gasteiger partial charge in [-0.15, -0.1) is 11.3 Å². The second kappa shape index (κ2) is 8.19. The van der Waals surface area contributed by atoms with Crippen LogP contribution in [-0.2, 0) is 11.8 Å². The van der Waals surface area contributed by atoms with Gasteiger partial charge in [0.25, 0.3) is 17.2 Å². The molecule has 0 fully saturated rings. The third-order valence-corrected chi connectivity index (χ3v) is 5.47. The highest BCUT2D eigenvalue weighted by Gasteiger charge is 2.14. The number of hydrazine groups is 1. The standard InChI is InChI=1S/C16H13N5O5S2/c1-20-15(24)11-5-6-27-14(11)17-16(20)28-8-12(22)18-19-13(23)9-3-2-4-10(7-9)21(25)26/h2-7H,8H2,1H3,(H,18,22)(H,19,23). The zero-order valence-electron chi connectivity index (χ0n) is 14.4. The number of fused-ring (bicyclic) bond motifs is 1. The highest BCUT2D eigenvalue weighted by molar-refractivity contribution is 7.99. The van der Waals surface area contributed by atoms with Gasteiger partial charge in [0.2, 0.25) is 5.91 Å². The van der Waals surface area contributed by atoms with Crippen LogP contribution in [0.25, 0.3) is 10.2 Å². The van der Waals surface area contributed by atoms with Crippen molar-refractivity contribution in [1.82, 2.24) is 20.4 Å². The summed E-state index contributed by atoms with van der Waals surface area (Å²) in [5.41, 5.74) is 4.02. The van der Waals surface area contributed by atoms with Crippen LogP contribution in [0.5, 0.6) is 0 Å². The first-order chi connectivity index (χ1) is 13.4. The molecule has 0 spiro atoms. The predicted octanol–water partition coefficient (Wildman–Crippen LogP) is 1.46. The van der Waals surface area contributed by atoms with E-state index in [-0.39, 0.29) is 22.6 Å². The van der Waals surface area contributed by atoms with Gasteiger partial charge in [-0.25, -0.2) is 4.98 Å². The van der Waals surface area contributed by atoms with Crippen molar-refractivity contribution in [3.05, 3.63) is 61.7 Å². The molecule has 0 aliphatic rings. The lowest BCUT2D eigenvalue weighted by atomic mass is 10.2. The minimum Gasteiger partial charge on any atom is -0.290 e. The van der Waals surface area contributed by atoms with Crippen molar-refractivity contribution in [2.75, 3.05) is 5.75 Å². The van der Waals surface area contributed by atoms with Crippen molar-refractivity contribution in [3.8, 4) is 0 Å². The number of thiophene rings is 1. The molecule has 1 aromatic carbocycles. The summed E-state index contributed by atoms with van der Waals surface area (Å²) < 4.78 is 1.36. The molecule has 0 aliphatic carbocycles. The van der Waals surface area contributed by atoms with E-state index in [1.807, 2.05) is 0 Å². The molecule has 12 heteroatoms. The largest absolute Gasteiger partial charge is 0.290 e. The lowest BCUT2D eigenvalue weighted by Gasteiger charge is -2.09. The minimum atomic E-state index is -0.687. The number of carbonyl (C=O) groups excluding carboxylic acids is 2. The van der Waals surface area contributed by atoms with Gasteiger partial charge in [0, 0.05) is 24.7 Å². The average molecular weight is 419 g/mol. The number of nitro groups is 1. The fraction of sp³-hybridized carbons (Fsp3) is 0.125. The number of hydrogen-bond donors (Lipinski definition) is 2. The van der Waals surface area contributed by atoms with Gasteiger partial charge in [-0.2, -0.15) is 0 Å². The Morgan fingerprint density at radius 1 is 1.32 bits per heavy atom. The van der Waals surface area contributed by atoms with Gasteiger partial charge in [-0.3, -0.25) is 39.9 Å². The van der Waals surface area contributed by atoms with Gasteiger partial charge in [-0.1, -0.05) is 17.8 Å². The van der Waals surface area contributed by atoms with E-state index in [1.165, 1.54) is 34.1 Å². The zero-order chi connectivity index (χ0) is 20.3. The van der Waals surface area contributed by atoms with Gasteiger partial charge in [0.1, 0.15) is 4.83 Å². The lowest BCUT2D eigenvalue weighted by molar-refractivity contribution is -0.384. The molecular formula is C16H13N5O5S2. The molecule has 0 saturated carbocycles. The fourth-order valence-corrected chi connectivity index (χ4v) is 3.81. The first-order valence-corrected chi connectivity index (χ1v) is 9.64. The first kappa shape index (κ1) is 19.5. The number of amides is 2. The number of benzene rings is 1. The summed E-state index contributed by atoms with van der Waals surface area (Å²) in [5.74, 6) is -1.30. The van der Waals surface area contributed by atoms with Gasteiger partial charge in [0.15, 0.2) is 5.16 Å². The summed E-state index contributed by atoms with van der Waals surface area (Å²) in [4.78, 5) is 51.3. The molecule has 2 aromatic heterocycles. The monoisotopic (exact) mass is 419 g/mol. The second-order valence-electron chi connectivity index (χ2n) is 5.50. The van der Waals surface area contributed by atoms with E-state index >= 15 is 0 Å². The Balaban J connectivity index is 1.58. The number of nitro benzene ring substituents is 1. The molecular weight excluding hydrogens is 406 g/mol. The number of aromatic nitrogens is 2. The molecule has 0 bridgehead atoms. The van der Waals surface area contributed by atoms with E-state index in [2.05, 4.69) is 15.8 Å². The summed E-state index contributed by atoms with van der Waals surface area (Å²) in [5, 5.41) is 13.4. The molecule has 28 heavy (non-hydrogen) atoms. The Kier molecular flexibility index (Phi) is 5.70. The normalized spacial score (nSPS) is 10.6. The van der Waals surface area contributed by atoms with Gasteiger partial charge < -0.3 is 0 Å². The minimum absolute atomic E-state index is 0.0364. The van der Waals surface area contributed by atoms with E-state index in [0.717, 1.165) is 17.8 Å². The molecule has 0 saturated heterocycles. The molecule has 0 radical (unpaired) electrons. The molecule has 0 unspecified atom stereocenters. The highest BCUT2D eigenvalue weighted by Crippen LogP contribution is 2.20. The maximum atomic E-state index is 12.2. The number of hydrogen-bond acceptors (Lipinski definition) is 8.